The fourth-order valence-corrected chi connectivity index (χ4v) is 2.40. The minimum absolute atomic E-state index is 0.107. The standard InChI is InChI=1S/C14H18N4O2/c1-18-6-2-3-13(18)11-9-12(17-16-11)14(19)15-10-4-7-20-8-5-10/h2-3,6,9-10H,4-5,7-8H2,1H3,(H,15,19)(H,16,17). The summed E-state index contributed by atoms with van der Waals surface area (Å²) >= 11 is 0. The summed E-state index contributed by atoms with van der Waals surface area (Å²) in [7, 11) is 1.95. The maximum Gasteiger partial charge on any atom is 0.269 e. The first kappa shape index (κ1) is 12.9. The molecule has 0 radical (unpaired) electrons. The van der Waals surface area contributed by atoms with E-state index in [0.29, 0.717) is 18.9 Å². The summed E-state index contributed by atoms with van der Waals surface area (Å²) in [6.45, 7) is 1.42. The fourth-order valence-electron chi connectivity index (χ4n) is 2.40. The highest BCUT2D eigenvalue weighted by Crippen LogP contribution is 2.17. The van der Waals surface area contributed by atoms with Crippen LogP contribution in [0, 0.1) is 0 Å². The Labute approximate surface area is 117 Å². The summed E-state index contributed by atoms with van der Waals surface area (Å²) in [6.07, 6.45) is 3.68. The van der Waals surface area contributed by atoms with Crippen LogP contribution in [-0.2, 0) is 11.8 Å². The second kappa shape index (κ2) is 5.50. The topological polar surface area (TPSA) is 71.9 Å². The average molecular weight is 274 g/mol. The van der Waals surface area contributed by atoms with Crippen molar-refractivity contribution in [2.24, 2.45) is 7.05 Å². The van der Waals surface area contributed by atoms with Crippen LogP contribution < -0.4 is 5.32 Å². The number of hydrogen-bond acceptors (Lipinski definition) is 3. The van der Waals surface area contributed by atoms with E-state index in [1.54, 1.807) is 6.07 Å². The lowest BCUT2D eigenvalue weighted by Crippen LogP contribution is -2.39. The maximum absolute atomic E-state index is 12.2. The van der Waals surface area contributed by atoms with Gasteiger partial charge in [0.2, 0.25) is 0 Å². The summed E-state index contributed by atoms with van der Waals surface area (Å²) in [5.74, 6) is -0.107. The predicted octanol–water partition coefficient (Wildman–Crippen LogP) is 1.32. The third kappa shape index (κ3) is 2.60. The molecule has 0 aromatic carbocycles. The van der Waals surface area contributed by atoms with Crippen LogP contribution in [0.25, 0.3) is 11.4 Å². The number of nitrogens with zero attached hydrogens (tertiary/aromatic N) is 2. The van der Waals surface area contributed by atoms with Crippen molar-refractivity contribution in [1.82, 2.24) is 20.1 Å². The van der Waals surface area contributed by atoms with Crippen molar-refractivity contribution in [3.63, 3.8) is 0 Å². The van der Waals surface area contributed by atoms with E-state index in [1.165, 1.54) is 0 Å². The quantitative estimate of drug-likeness (QED) is 0.886. The first-order valence-corrected chi connectivity index (χ1v) is 6.80. The number of amides is 1. The van der Waals surface area contributed by atoms with E-state index in [2.05, 4.69) is 15.5 Å². The highest BCUT2D eigenvalue weighted by Gasteiger charge is 2.18. The van der Waals surface area contributed by atoms with E-state index in [4.69, 9.17) is 4.74 Å². The molecule has 6 heteroatoms. The van der Waals surface area contributed by atoms with Crippen molar-refractivity contribution >= 4 is 5.91 Å². The molecule has 1 fully saturated rings. The Bertz CT molecular complexity index is 596. The summed E-state index contributed by atoms with van der Waals surface area (Å²) in [6, 6.07) is 5.89. The first-order valence-electron chi connectivity index (χ1n) is 6.80. The molecule has 0 unspecified atom stereocenters. The van der Waals surface area contributed by atoms with Crippen LogP contribution in [0.1, 0.15) is 23.3 Å². The number of hydrogen-bond donors (Lipinski definition) is 2. The molecule has 6 nitrogen and oxygen atoms in total. The molecule has 1 aliphatic rings. The van der Waals surface area contributed by atoms with Crippen molar-refractivity contribution in [3.8, 4) is 11.4 Å². The number of carbonyl (C=O) groups excluding carboxylic acids is 1. The number of rotatable bonds is 3. The van der Waals surface area contributed by atoms with Gasteiger partial charge in [-0.1, -0.05) is 0 Å². The van der Waals surface area contributed by atoms with Gasteiger partial charge in [0.05, 0.1) is 5.69 Å². The van der Waals surface area contributed by atoms with Crippen LogP contribution in [0.2, 0.25) is 0 Å². The van der Waals surface area contributed by atoms with Crippen LogP contribution >= 0.6 is 0 Å². The molecule has 1 aliphatic heterocycles. The van der Waals surface area contributed by atoms with E-state index in [0.717, 1.165) is 24.2 Å². The zero-order chi connectivity index (χ0) is 13.9. The lowest BCUT2D eigenvalue weighted by Gasteiger charge is -2.22. The summed E-state index contributed by atoms with van der Waals surface area (Å²) in [5, 5.41) is 10.0. The molecule has 0 bridgehead atoms. The van der Waals surface area contributed by atoms with E-state index < -0.39 is 0 Å². The number of nitrogens with one attached hydrogen (secondary N) is 2. The number of ether oxygens (including phenoxy) is 1. The van der Waals surface area contributed by atoms with Crippen LogP contribution in [0.4, 0.5) is 0 Å². The highest BCUT2D eigenvalue weighted by atomic mass is 16.5. The lowest BCUT2D eigenvalue weighted by atomic mass is 10.1. The minimum Gasteiger partial charge on any atom is -0.381 e. The fraction of sp³-hybridized carbons (Fsp3) is 0.429. The van der Waals surface area contributed by atoms with E-state index in [-0.39, 0.29) is 11.9 Å². The van der Waals surface area contributed by atoms with Gasteiger partial charge in [0.15, 0.2) is 0 Å². The highest BCUT2D eigenvalue weighted by molar-refractivity contribution is 5.93. The Morgan fingerprint density at radius 3 is 3.00 bits per heavy atom. The molecule has 2 aromatic heterocycles. The molecule has 0 saturated carbocycles. The van der Waals surface area contributed by atoms with Crippen molar-refractivity contribution < 1.29 is 9.53 Å². The third-order valence-electron chi connectivity index (χ3n) is 3.59. The van der Waals surface area contributed by atoms with Crippen molar-refractivity contribution in [1.29, 1.82) is 0 Å². The maximum atomic E-state index is 12.2. The van der Waals surface area contributed by atoms with E-state index in [9.17, 15) is 4.79 Å². The van der Waals surface area contributed by atoms with Crippen LogP contribution in [0.15, 0.2) is 24.4 Å². The molecule has 2 aromatic rings. The minimum atomic E-state index is -0.107. The van der Waals surface area contributed by atoms with E-state index >= 15 is 0 Å². The van der Waals surface area contributed by atoms with Gasteiger partial charge in [-0.15, -0.1) is 0 Å². The Morgan fingerprint density at radius 2 is 2.30 bits per heavy atom. The number of aromatic nitrogens is 3. The molecule has 106 valence electrons. The van der Waals surface area contributed by atoms with Gasteiger partial charge in [0, 0.05) is 32.5 Å². The smallest absolute Gasteiger partial charge is 0.269 e. The number of H-pyrrole nitrogens is 1. The van der Waals surface area contributed by atoms with Crippen molar-refractivity contribution in [2.75, 3.05) is 13.2 Å². The summed E-state index contributed by atoms with van der Waals surface area (Å²) in [5.41, 5.74) is 2.24. The normalized spacial score (nSPS) is 16.2. The van der Waals surface area contributed by atoms with Crippen LogP contribution in [-0.4, -0.2) is 39.9 Å². The second-order valence-corrected chi connectivity index (χ2v) is 5.03. The van der Waals surface area contributed by atoms with Gasteiger partial charge in [-0.05, 0) is 31.0 Å². The molecule has 0 atom stereocenters. The van der Waals surface area contributed by atoms with Crippen LogP contribution in [0.3, 0.4) is 0 Å². The zero-order valence-corrected chi connectivity index (χ0v) is 11.4. The second-order valence-electron chi connectivity index (χ2n) is 5.03. The average Bonchev–Trinajstić information content (AvgIpc) is 3.08. The first-order chi connectivity index (χ1) is 9.74. The number of aromatic amines is 1. The molecule has 3 rings (SSSR count). The molecular weight excluding hydrogens is 256 g/mol. The Kier molecular flexibility index (Phi) is 3.56. The summed E-state index contributed by atoms with van der Waals surface area (Å²) < 4.78 is 7.25. The van der Waals surface area contributed by atoms with Gasteiger partial charge < -0.3 is 14.6 Å². The molecule has 3 heterocycles. The molecule has 1 amide bonds. The molecule has 1 saturated heterocycles. The van der Waals surface area contributed by atoms with Crippen molar-refractivity contribution in [3.05, 3.63) is 30.1 Å². The van der Waals surface area contributed by atoms with Gasteiger partial charge in [-0.25, -0.2) is 0 Å². The van der Waals surface area contributed by atoms with Gasteiger partial charge in [-0.2, -0.15) is 5.10 Å². The van der Waals surface area contributed by atoms with Gasteiger partial charge in [0.25, 0.3) is 5.91 Å². The Hall–Kier alpha value is -2.08. The van der Waals surface area contributed by atoms with Gasteiger partial charge in [0.1, 0.15) is 11.4 Å². The number of carbonyl (C=O) groups is 1. The molecule has 0 spiro atoms. The lowest BCUT2D eigenvalue weighted by molar-refractivity contribution is 0.0694. The Balaban J connectivity index is 1.70. The molecular formula is C14H18N4O2. The van der Waals surface area contributed by atoms with Crippen molar-refractivity contribution in [2.45, 2.75) is 18.9 Å². The predicted molar refractivity (Wildman–Crippen MR) is 74.3 cm³/mol. The summed E-state index contributed by atoms with van der Waals surface area (Å²) in [4.78, 5) is 12.2. The van der Waals surface area contributed by atoms with Crippen LogP contribution in [0.5, 0.6) is 0 Å². The van der Waals surface area contributed by atoms with E-state index in [1.807, 2.05) is 29.9 Å². The molecule has 20 heavy (non-hydrogen) atoms. The van der Waals surface area contributed by atoms with Gasteiger partial charge in [-0.3, -0.25) is 9.89 Å². The Morgan fingerprint density at radius 1 is 1.50 bits per heavy atom. The monoisotopic (exact) mass is 274 g/mol. The third-order valence-corrected chi connectivity index (χ3v) is 3.59. The number of aryl methyl sites for hydroxylation is 1. The SMILES string of the molecule is Cn1cccc1-c1cc(C(=O)NC2CCOCC2)[nH]n1. The molecule has 0 aliphatic carbocycles. The molecule has 2 N–H and O–H groups in total. The zero-order valence-electron chi connectivity index (χ0n) is 11.4. The largest absolute Gasteiger partial charge is 0.381 e. The van der Waals surface area contributed by atoms with Gasteiger partial charge >= 0.3 is 0 Å².